The Kier molecular flexibility index (Phi) is 6.29. The van der Waals surface area contributed by atoms with Gasteiger partial charge in [0.2, 0.25) is 0 Å². The van der Waals surface area contributed by atoms with Gasteiger partial charge in [0.1, 0.15) is 6.33 Å². The largest absolute Gasteiger partial charge is 0.347 e. The molecule has 3 fully saturated rings. The maximum atomic E-state index is 5.51. The number of hydrogen-bond acceptors (Lipinski definition) is 4. The van der Waals surface area contributed by atoms with Crippen LogP contribution in [0.2, 0.25) is 0 Å². The molecular formula is C15H21FeN5S. The molecule has 3 heterocycles. The number of nitrogens with zero attached hydrogens (tertiary/aromatic N) is 4. The first-order chi connectivity index (χ1) is 10.2. The smallest absolute Gasteiger partial charge is 0.189 e. The summed E-state index contributed by atoms with van der Waals surface area (Å²) in [6, 6.07) is 1.84. The second kappa shape index (κ2) is 7.99. The van der Waals surface area contributed by atoms with Gasteiger partial charge in [0.05, 0.1) is 11.4 Å². The molecule has 0 spiro atoms. The molecule has 5 nitrogen and oxygen atoms in total. The zero-order chi connectivity index (χ0) is 14.7. The van der Waals surface area contributed by atoms with Gasteiger partial charge >= 0.3 is 0 Å². The van der Waals surface area contributed by atoms with E-state index in [0.29, 0.717) is 0 Å². The Balaban J connectivity index is 0.00000176. The van der Waals surface area contributed by atoms with Crippen molar-refractivity contribution >= 4 is 23.0 Å². The summed E-state index contributed by atoms with van der Waals surface area (Å²) in [5.74, 6) is 1.60. The molecule has 1 saturated carbocycles. The average Bonchev–Trinajstić information content (AvgIpc) is 2.87. The van der Waals surface area contributed by atoms with Crippen molar-refractivity contribution in [3.63, 3.8) is 0 Å². The predicted octanol–water partition coefficient (Wildman–Crippen LogP) is 2.19. The van der Waals surface area contributed by atoms with Gasteiger partial charge in [-0.15, -0.1) is 0 Å². The number of fused-ring (bicyclic) bond motifs is 4. The maximum Gasteiger partial charge on any atom is 0.189 e. The summed E-state index contributed by atoms with van der Waals surface area (Å²) in [5.41, 5.74) is 4.67. The summed E-state index contributed by atoms with van der Waals surface area (Å²) in [5, 5.41) is 5.10. The molecule has 2 saturated heterocycles. The minimum absolute atomic E-state index is 0. The normalized spacial score (nSPS) is 24.4. The molecular weight excluding hydrogens is 338 g/mol. The molecule has 7 heteroatoms. The summed E-state index contributed by atoms with van der Waals surface area (Å²) >= 11 is 5.51. The summed E-state index contributed by atoms with van der Waals surface area (Å²) in [7, 11) is 0. The first-order valence-electron chi connectivity index (χ1n) is 7.58. The van der Waals surface area contributed by atoms with Gasteiger partial charge in [0, 0.05) is 36.4 Å². The van der Waals surface area contributed by atoms with Crippen LogP contribution in [-0.4, -0.2) is 38.8 Å². The van der Waals surface area contributed by atoms with Crippen LogP contribution in [0.5, 0.6) is 0 Å². The van der Waals surface area contributed by atoms with Crippen LogP contribution in [0.25, 0.3) is 0 Å². The van der Waals surface area contributed by atoms with Crippen LogP contribution in [0.15, 0.2) is 23.7 Å². The molecule has 0 amide bonds. The van der Waals surface area contributed by atoms with Gasteiger partial charge in [-0.25, -0.2) is 9.97 Å². The van der Waals surface area contributed by atoms with E-state index in [-0.39, 0.29) is 17.1 Å². The number of nitrogens with one attached hydrogen (secondary N) is 1. The fourth-order valence-electron chi connectivity index (χ4n) is 3.22. The average molecular weight is 359 g/mol. The van der Waals surface area contributed by atoms with E-state index >= 15 is 0 Å². The van der Waals surface area contributed by atoms with Crippen LogP contribution in [0.4, 0.5) is 0 Å². The zero-order valence-corrected chi connectivity index (χ0v) is 14.6. The number of rotatable bonds is 2. The van der Waals surface area contributed by atoms with Gasteiger partial charge in [0.15, 0.2) is 5.11 Å². The molecule has 120 valence electrons. The van der Waals surface area contributed by atoms with Gasteiger partial charge in [-0.1, -0.05) is 0 Å². The van der Waals surface area contributed by atoms with Gasteiger partial charge in [-0.05, 0) is 62.7 Å². The molecule has 1 aliphatic carbocycles. The SMILES string of the molecule is CC(=NNC(=S)N1CC2CCC(CC2)C1)c1ccncn1.[Fe]. The van der Waals surface area contributed by atoms with Crippen LogP contribution in [0.1, 0.15) is 38.3 Å². The molecule has 0 unspecified atom stereocenters. The van der Waals surface area contributed by atoms with Crippen LogP contribution in [-0.2, 0) is 17.1 Å². The Labute approximate surface area is 147 Å². The van der Waals surface area contributed by atoms with Crippen molar-refractivity contribution in [2.75, 3.05) is 13.1 Å². The van der Waals surface area contributed by atoms with Crippen molar-refractivity contribution < 1.29 is 17.1 Å². The summed E-state index contributed by atoms with van der Waals surface area (Å²) < 4.78 is 0. The number of aromatic nitrogens is 2. The first-order valence-corrected chi connectivity index (χ1v) is 7.99. The maximum absolute atomic E-state index is 5.51. The van der Waals surface area contributed by atoms with E-state index in [1.165, 1.54) is 32.0 Å². The van der Waals surface area contributed by atoms with Crippen molar-refractivity contribution in [3.05, 3.63) is 24.3 Å². The van der Waals surface area contributed by atoms with Crippen molar-refractivity contribution in [1.29, 1.82) is 0 Å². The van der Waals surface area contributed by atoms with E-state index in [4.69, 9.17) is 12.2 Å². The Morgan fingerprint density at radius 1 is 1.27 bits per heavy atom. The molecule has 0 radical (unpaired) electrons. The topological polar surface area (TPSA) is 53.4 Å². The van der Waals surface area contributed by atoms with E-state index < -0.39 is 0 Å². The van der Waals surface area contributed by atoms with Gasteiger partial charge in [-0.3, -0.25) is 5.43 Å². The van der Waals surface area contributed by atoms with E-state index in [9.17, 15) is 0 Å². The molecule has 1 aromatic heterocycles. The number of thiocarbonyl (C=S) groups is 1. The zero-order valence-electron chi connectivity index (χ0n) is 12.7. The van der Waals surface area contributed by atoms with Crippen LogP contribution < -0.4 is 5.43 Å². The van der Waals surface area contributed by atoms with E-state index in [1.807, 2.05) is 13.0 Å². The van der Waals surface area contributed by atoms with E-state index in [1.54, 1.807) is 6.20 Å². The van der Waals surface area contributed by atoms with Crippen molar-refractivity contribution in [3.8, 4) is 0 Å². The summed E-state index contributed by atoms with van der Waals surface area (Å²) in [6.07, 6.45) is 8.66. The van der Waals surface area contributed by atoms with Gasteiger partial charge in [-0.2, -0.15) is 5.10 Å². The quantitative estimate of drug-likeness (QED) is 0.380. The number of hydrogen-bond donors (Lipinski definition) is 1. The predicted molar refractivity (Wildman–Crippen MR) is 87.0 cm³/mol. The Hall–Kier alpha value is -1.04. The van der Waals surface area contributed by atoms with E-state index in [0.717, 1.165) is 41.4 Å². The molecule has 3 aliphatic rings. The van der Waals surface area contributed by atoms with Crippen LogP contribution in [0.3, 0.4) is 0 Å². The fourth-order valence-corrected chi connectivity index (χ4v) is 3.42. The van der Waals surface area contributed by atoms with Crippen molar-refractivity contribution in [1.82, 2.24) is 20.3 Å². The summed E-state index contributed by atoms with van der Waals surface area (Å²) in [6.45, 7) is 4.07. The Morgan fingerprint density at radius 3 is 2.45 bits per heavy atom. The molecule has 0 aromatic carbocycles. The second-order valence-electron chi connectivity index (χ2n) is 6.00. The minimum atomic E-state index is 0. The third kappa shape index (κ3) is 4.24. The molecule has 0 atom stereocenters. The Morgan fingerprint density at radius 2 is 1.91 bits per heavy atom. The second-order valence-corrected chi connectivity index (χ2v) is 6.39. The van der Waals surface area contributed by atoms with Gasteiger partial charge in [0.25, 0.3) is 0 Å². The molecule has 1 N–H and O–H groups in total. The van der Waals surface area contributed by atoms with Gasteiger partial charge < -0.3 is 4.90 Å². The first kappa shape index (κ1) is 17.3. The standard InChI is InChI=1S/C15H21N5S.Fe/c1-11(14-6-7-16-10-17-14)18-19-15(21)20-8-12-2-3-13(9-20)5-4-12;/h6-7,10,12-13H,2-5,8-9H2,1H3,(H,19,21);. The molecule has 1 aromatic rings. The third-order valence-electron chi connectivity index (χ3n) is 4.48. The monoisotopic (exact) mass is 359 g/mol. The molecule has 2 aliphatic heterocycles. The van der Waals surface area contributed by atoms with Crippen molar-refractivity contribution in [2.45, 2.75) is 32.6 Å². The minimum Gasteiger partial charge on any atom is -0.347 e. The molecule has 22 heavy (non-hydrogen) atoms. The third-order valence-corrected chi connectivity index (χ3v) is 4.83. The van der Waals surface area contributed by atoms with Crippen LogP contribution in [0, 0.1) is 11.8 Å². The molecule has 4 rings (SSSR count). The van der Waals surface area contributed by atoms with Crippen molar-refractivity contribution in [2.24, 2.45) is 16.9 Å². The Bertz CT molecular complexity index is 514. The summed E-state index contributed by atoms with van der Waals surface area (Å²) in [4.78, 5) is 10.4. The molecule has 2 bridgehead atoms. The fraction of sp³-hybridized carbons (Fsp3) is 0.600. The van der Waals surface area contributed by atoms with Crippen LogP contribution >= 0.6 is 12.2 Å². The van der Waals surface area contributed by atoms with E-state index in [2.05, 4.69) is 25.4 Å². The number of hydrazone groups is 1.